The van der Waals surface area contributed by atoms with E-state index in [-0.39, 0.29) is 11.3 Å². The number of nitrogens with zero attached hydrogens (tertiary/aromatic N) is 2. The Morgan fingerprint density at radius 2 is 2.10 bits per heavy atom. The van der Waals surface area contributed by atoms with E-state index >= 15 is 0 Å². The Hall–Kier alpha value is -2.40. The lowest BCUT2D eigenvalue weighted by molar-refractivity contribution is 0.0699. The molecule has 0 atom stereocenters. The third-order valence-corrected chi connectivity index (χ3v) is 3.21. The minimum absolute atomic E-state index is 0.0729. The molecule has 0 amide bonds. The summed E-state index contributed by atoms with van der Waals surface area (Å²) in [6.45, 7) is 0. The van der Waals surface area contributed by atoms with E-state index in [0.717, 1.165) is 0 Å². The first-order chi connectivity index (χ1) is 9.58. The van der Waals surface area contributed by atoms with Crippen molar-refractivity contribution in [1.29, 1.82) is 0 Å². The molecule has 6 heteroatoms. The first kappa shape index (κ1) is 12.6. The van der Waals surface area contributed by atoms with Crippen LogP contribution in [0.4, 0.5) is 4.39 Å². The van der Waals surface area contributed by atoms with Crippen LogP contribution in [0.1, 0.15) is 10.4 Å². The lowest BCUT2D eigenvalue weighted by atomic mass is 10.2. The number of hydrogen-bond donors (Lipinski definition) is 1. The number of carbonyl (C=O) groups is 1. The zero-order valence-electron chi connectivity index (χ0n) is 10.0. The lowest BCUT2D eigenvalue weighted by Gasteiger charge is -2.06. The van der Waals surface area contributed by atoms with Crippen molar-refractivity contribution in [1.82, 2.24) is 9.55 Å². The molecule has 3 aromatic rings. The van der Waals surface area contributed by atoms with Crippen LogP contribution in [0.2, 0.25) is 5.02 Å². The number of fused-ring (bicyclic) bond motifs is 1. The number of benzene rings is 2. The molecule has 0 radical (unpaired) electrons. The number of halogens is 2. The highest BCUT2D eigenvalue weighted by Gasteiger charge is 2.15. The molecule has 0 aliphatic carbocycles. The van der Waals surface area contributed by atoms with E-state index in [2.05, 4.69) is 4.98 Å². The molecule has 1 heterocycles. The summed E-state index contributed by atoms with van der Waals surface area (Å²) in [5.74, 6) is -1.54. The molecule has 0 fully saturated rings. The molecule has 0 bridgehead atoms. The van der Waals surface area contributed by atoms with Gasteiger partial charge in [0.2, 0.25) is 0 Å². The minimum atomic E-state index is -1.08. The largest absolute Gasteiger partial charge is 0.478 e. The number of rotatable bonds is 2. The predicted molar refractivity (Wildman–Crippen MR) is 73.0 cm³/mol. The number of imidazole rings is 1. The van der Waals surface area contributed by atoms with Crippen LogP contribution in [0.25, 0.3) is 16.7 Å². The first-order valence-corrected chi connectivity index (χ1v) is 6.10. The van der Waals surface area contributed by atoms with E-state index in [4.69, 9.17) is 16.7 Å². The number of carboxylic acid groups (broad SMARTS) is 1. The van der Waals surface area contributed by atoms with Crippen LogP contribution >= 0.6 is 11.6 Å². The summed E-state index contributed by atoms with van der Waals surface area (Å²) in [5, 5.41) is 9.50. The van der Waals surface area contributed by atoms with Gasteiger partial charge in [0, 0.05) is 5.02 Å². The van der Waals surface area contributed by atoms with Gasteiger partial charge in [0.05, 0.1) is 16.8 Å². The van der Waals surface area contributed by atoms with Crippen molar-refractivity contribution in [3.05, 3.63) is 59.1 Å². The van der Waals surface area contributed by atoms with Gasteiger partial charge in [0.25, 0.3) is 0 Å². The van der Waals surface area contributed by atoms with Crippen LogP contribution < -0.4 is 0 Å². The Kier molecular flexibility index (Phi) is 2.91. The molecule has 0 aliphatic rings. The summed E-state index contributed by atoms with van der Waals surface area (Å²) in [7, 11) is 0. The number of aromatic carboxylic acids is 1. The Morgan fingerprint density at radius 3 is 2.85 bits per heavy atom. The van der Waals surface area contributed by atoms with Crippen LogP contribution in [0.15, 0.2) is 42.7 Å². The van der Waals surface area contributed by atoms with Gasteiger partial charge in [-0.1, -0.05) is 17.7 Å². The molecule has 0 unspecified atom stereocenters. The Labute approximate surface area is 118 Å². The van der Waals surface area contributed by atoms with E-state index in [1.165, 1.54) is 35.2 Å². The van der Waals surface area contributed by atoms with E-state index in [9.17, 15) is 9.18 Å². The molecular weight excluding hydrogens is 283 g/mol. The second-order valence-electron chi connectivity index (χ2n) is 4.19. The van der Waals surface area contributed by atoms with Crippen molar-refractivity contribution in [3.8, 4) is 5.69 Å². The van der Waals surface area contributed by atoms with E-state index in [0.29, 0.717) is 16.1 Å². The minimum Gasteiger partial charge on any atom is -0.478 e. The first-order valence-electron chi connectivity index (χ1n) is 5.72. The van der Waals surface area contributed by atoms with Gasteiger partial charge in [0.15, 0.2) is 0 Å². The lowest BCUT2D eigenvalue weighted by Crippen LogP contribution is -1.99. The summed E-state index contributed by atoms with van der Waals surface area (Å²) >= 11 is 5.87. The molecule has 2 aromatic carbocycles. The highest BCUT2D eigenvalue weighted by molar-refractivity contribution is 6.30. The van der Waals surface area contributed by atoms with E-state index < -0.39 is 11.8 Å². The zero-order chi connectivity index (χ0) is 14.3. The van der Waals surface area contributed by atoms with Crippen LogP contribution in [0.5, 0.6) is 0 Å². The zero-order valence-corrected chi connectivity index (χ0v) is 10.8. The average Bonchev–Trinajstić information content (AvgIpc) is 2.85. The molecular formula is C14H8ClFN2O2. The number of aromatic nitrogens is 2. The number of para-hydroxylation sites is 1. The monoisotopic (exact) mass is 290 g/mol. The average molecular weight is 291 g/mol. The summed E-state index contributed by atoms with van der Waals surface area (Å²) in [6.07, 6.45) is 1.38. The molecule has 1 N–H and O–H groups in total. The van der Waals surface area contributed by atoms with Crippen molar-refractivity contribution < 1.29 is 14.3 Å². The van der Waals surface area contributed by atoms with E-state index in [1.54, 1.807) is 12.1 Å². The Morgan fingerprint density at radius 1 is 1.30 bits per heavy atom. The van der Waals surface area contributed by atoms with E-state index in [1.807, 2.05) is 0 Å². The van der Waals surface area contributed by atoms with Crippen molar-refractivity contribution in [3.63, 3.8) is 0 Å². The van der Waals surface area contributed by atoms with Crippen molar-refractivity contribution in [2.24, 2.45) is 0 Å². The highest BCUT2D eigenvalue weighted by atomic mass is 35.5. The summed E-state index contributed by atoms with van der Waals surface area (Å²) in [6, 6.07) is 8.88. The summed E-state index contributed by atoms with van der Waals surface area (Å²) < 4.78 is 15.4. The van der Waals surface area contributed by atoms with Gasteiger partial charge < -0.3 is 5.11 Å². The maximum atomic E-state index is 13.9. The molecule has 1 aromatic heterocycles. The predicted octanol–water partition coefficient (Wildman–Crippen LogP) is 3.52. The third-order valence-electron chi connectivity index (χ3n) is 2.97. The maximum Gasteiger partial charge on any atom is 0.337 e. The molecule has 0 aliphatic heterocycles. The van der Waals surface area contributed by atoms with Gasteiger partial charge >= 0.3 is 5.97 Å². The normalized spacial score (nSPS) is 10.9. The second kappa shape index (κ2) is 4.61. The molecule has 20 heavy (non-hydrogen) atoms. The molecule has 0 saturated carbocycles. The maximum absolute atomic E-state index is 13.9. The second-order valence-corrected chi connectivity index (χ2v) is 4.63. The molecule has 3 rings (SSSR count). The standard InChI is InChI=1S/C14H8ClFN2O2/c15-8-4-5-10(16)12(6-8)18-7-17-13-9(14(19)20)2-1-3-11(13)18/h1-7H,(H,19,20). The van der Waals surface area contributed by atoms with Gasteiger partial charge in [0.1, 0.15) is 17.7 Å². The topological polar surface area (TPSA) is 55.1 Å². The third kappa shape index (κ3) is 1.92. The van der Waals surface area contributed by atoms with Crippen molar-refractivity contribution >= 4 is 28.6 Å². The van der Waals surface area contributed by atoms with Gasteiger partial charge in [-0.2, -0.15) is 0 Å². The van der Waals surface area contributed by atoms with Gasteiger partial charge in [-0.25, -0.2) is 14.2 Å². The van der Waals surface area contributed by atoms with Gasteiger partial charge in [-0.15, -0.1) is 0 Å². The fourth-order valence-electron chi connectivity index (χ4n) is 2.07. The van der Waals surface area contributed by atoms with Crippen LogP contribution in [-0.2, 0) is 0 Å². The fourth-order valence-corrected chi connectivity index (χ4v) is 2.24. The molecule has 100 valence electrons. The number of hydrogen-bond acceptors (Lipinski definition) is 2. The number of carboxylic acids is 1. The fraction of sp³-hybridized carbons (Fsp3) is 0. The highest BCUT2D eigenvalue weighted by Crippen LogP contribution is 2.25. The van der Waals surface area contributed by atoms with Crippen molar-refractivity contribution in [2.75, 3.05) is 0 Å². The van der Waals surface area contributed by atoms with Crippen LogP contribution in [-0.4, -0.2) is 20.6 Å². The van der Waals surface area contributed by atoms with Crippen LogP contribution in [0, 0.1) is 5.82 Å². The van der Waals surface area contributed by atoms with Crippen LogP contribution in [0.3, 0.4) is 0 Å². The van der Waals surface area contributed by atoms with Crippen molar-refractivity contribution in [2.45, 2.75) is 0 Å². The Balaban J connectivity index is 2.31. The quantitative estimate of drug-likeness (QED) is 0.785. The summed E-state index contributed by atoms with van der Waals surface area (Å²) in [5.41, 5.74) is 1.11. The Bertz CT molecular complexity index is 829. The molecule has 4 nitrogen and oxygen atoms in total. The summed E-state index contributed by atoms with van der Waals surface area (Å²) in [4.78, 5) is 15.2. The molecule has 0 saturated heterocycles. The SMILES string of the molecule is O=C(O)c1cccc2c1ncn2-c1cc(Cl)ccc1F. The van der Waals surface area contributed by atoms with Gasteiger partial charge in [-0.05, 0) is 30.3 Å². The smallest absolute Gasteiger partial charge is 0.337 e. The van der Waals surface area contributed by atoms with Gasteiger partial charge in [-0.3, -0.25) is 4.57 Å². The molecule has 0 spiro atoms.